The molecule has 1 N–H and O–H groups in total. The summed E-state index contributed by atoms with van der Waals surface area (Å²) in [6.45, 7) is 0.524. The fourth-order valence-corrected chi connectivity index (χ4v) is 2.32. The van der Waals surface area contributed by atoms with Crippen molar-refractivity contribution in [1.29, 1.82) is 0 Å². The van der Waals surface area contributed by atoms with Gasteiger partial charge in [0.05, 0.1) is 19.3 Å². The van der Waals surface area contributed by atoms with Gasteiger partial charge in [-0.1, -0.05) is 36.4 Å². The smallest absolute Gasteiger partial charge is 0.213 e. The van der Waals surface area contributed by atoms with Gasteiger partial charge in [0.1, 0.15) is 11.9 Å². The lowest BCUT2D eigenvalue weighted by atomic mass is 10.1. The molecule has 0 unspecified atom stereocenters. The van der Waals surface area contributed by atoms with Crippen LogP contribution in [-0.4, -0.2) is 26.8 Å². The molecule has 3 rings (SSSR count). The van der Waals surface area contributed by atoms with Gasteiger partial charge in [-0.15, -0.1) is 0 Å². The molecule has 0 radical (unpaired) electrons. The number of pyridine rings is 1. The molecule has 0 fully saturated rings. The molecule has 112 valence electrons. The molecule has 1 atom stereocenters. The molecule has 0 amide bonds. The average molecular weight is 295 g/mol. The van der Waals surface area contributed by atoms with Crippen LogP contribution in [0, 0.1) is 0 Å². The molecule has 5 nitrogen and oxygen atoms in total. The first-order valence-corrected chi connectivity index (χ1v) is 7.02. The zero-order chi connectivity index (χ0) is 15.4. The lowest BCUT2D eigenvalue weighted by Gasteiger charge is -2.13. The Hall–Kier alpha value is -2.66. The summed E-state index contributed by atoms with van der Waals surface area (Å²) >= 11 is 0. The number of nitrogens with zero attached hydrogens (tertiary/aromatic N) is 3. The van der Waals surface area contributed by atoms with E-state index in [-0.39, 0.29) is 0 Å². The van der Waals surface area contributed by atoms with Crippen LogP contribution in [0.3, 0.4) is 0 Å². The highest BCUT2D eigenvalue weighted by molar-refractivity contribution is 5.23. The molecule has 1 aromatic carbocycles. The monoisotopic (exact) mass is 295 g/mol. The Balaban J connectivity index is 1.86. The predicted octanol–water partition coefficient (Wildman–Crippen LogP) is 2.42. The quantitative estimate of drug-likeness (QED) is 0.785. The summed E-state index contributed by atoms with van der Waals surface area (Å²) in [5, 5.41) is 10.5. The van der Waals surface area contributed by atoms with Crippen LogP contribution in [0.5, 0.6) is 5.88 Å². The van der Waals surface area contributed by atoms with Crippen LogP contribution < -0.4 is 4.74 Å². The maximum Gasteiger partial charge on any atom is 0.213 e. The highest BCUT2D eigenvalue weighted by Crippen LogP contribution is 2.21. The van der Waals surface area contributed by atoms with Crippen molar-refractivity contribution in [3.8, 4) is 5.88 Å². The second-order valence-electron chi connectivity index (χ2n) is 4.90. The van der Waals surface area contributed by atoms with Crippen LogP contribution in [0.2, 0.25) is 0 Å². The van der Waals surface area contributed by atoms with Crippen molar-refractivity contribution in [3.05, 3.63) is 78.0 Å². The maximum atomic E-state index is 10.5. The first-order chi connectivity index (χ1) is 10.8. The van der Waals surface area contributed by atoms with Gasteiger partial charge in [0.2, 0.25) is 5.88 Å². The number of imidazole rings is 1. The van der Waals surface area contributed by atoms with E-state index < -0.39 is 6.10 Å². The fraction of sp³-hybridized carbons (Fsp3) is 0.176. The van der Waals surface area contributed by atoms with Gasteiger partial charge in [-0.3, -0.25) is 0 Å². The number of aromatic nitrogens is 3. The van der Waals surface area contributed by atoms with E-state index in [0.29, 0.717) is 18.2 Å². The standard InChI is InChI=1S/C17H17N3O2/c1-22-15-9-5-8-14(19-15)12-20-11-10-18-17(20)16(21)13-6-3-2-4-7-13/h2-11,16,21H,12H2,1H3/t16-/m1/s1. The Morgan fingerprint density at radius 2 is 1.95 bits per heavy atom. The van der Waals surface area contributed by atoms with Crippen LogP contribution in [0.15, 0.2) is 60.9 Å². The van der Waals surface area contributed by atoms with Gasteiger partial charge < -0.3 is 14.4 Å². The molecule has 5 heteroatoms. The SMILES string of the molecule is COc1cccc(Cn2ccnc2[C@H](O)c2ccccc2)n1. The molecule has 0 aliphatic rings. The van der Waals surface area contributed by atoms with Gasteiger partial charge in [0, 0.05) is 18.5 Å². The van der Waals surface area contributed by atoms with E-state index in [1.165, 1.54) is 0 Å². The number of aliphatic hydroxyl groups is 1. The van der Waals surface area contributed by atoms with Crippen molar-refractivity contribution in [2.45, 2.75) is 12.6 Å². The number of hydrogen-bond acceptors (Lipinski definition) is 4. The third-order valence-electron chi connectivity index (χ3n) is 3.43. The second kappa shape index (κ2) is 6.41. The first kappa shape index (κ1) is 14.3. The van der Waals surface area contributed by atoms with E-state index in [4.69, 9.17) is 4.74 Å². The lowest BCUT2D eigenvalue weighted by Crippen LogP contribution is -2.11. The number of benzene rings is 1. The normalized spacial score (nSPS) is 12.1. The van der Waals surface area contributed by atoms with Crippen molar-refractivity contribution in [1.82, 2.24) is 14.5 Å². The number of hydrogen-bond donors (Lipinski definition) is 1. The molecule has 3 aromatic rings. The summed E-state index contributed by atoms with van der Waals surface area (Å²) in [5.41, 5.74) is 1.66. The number of aliphatic hydroxyl groups excluding tert-OH is 1. The minimum Gasteiger partial charge on any atom is -0.481 e. The Labute approximate surface area is 128 Å². The Bertz CT molecular complexity index is 740. The topological polar surface area (TPSA) is 60.2 Å². The second-order valence-corrected chi connectivity index (χ2v) is 4.90. The fourth-order valence-electron chi connectivity index (χ4n) is 2.32. The number of rotatable bonds is 5. The largest absolute Gasteiger partial charge is 0.481 e. The Morgan fingerprint density at radius 1 is 1.14 bits per heavy atom. The van der Waals surface area contributed by atoms with Gasteiger partial charge in [-0.25, -0.2) is 9.97 Å². The Kier molecular flexibility index (Phi) is 4.16. The minimum atomic E-state index is -0.762. The van der Waals surface area contributed by atoms with Gasteiger partial charge >= 0.3 is 0 Å². The van der Waals surface area contributed by atoms with E-state index in [0.717, 1.165) is 11.3 Å². The molecule has 0 aliphatic carbocycles. The molecule has 0 saturated carbocycles. The lowest BCUT2D eigenvalue weighted by molar-refractivity contribution is 0.205. The zero-order valence-electron chi connectivity index (χ0n) is 12.3. The minimum absolute atomic E-state index is 0.524. The third kappa shape index (κ3) is 2.99. The molecule has 2 aromatic heterocycles. The van der Waals surface area contributed by atoms with E-state index in [9.17, 15) is 5.11 Å². The van der Waals surface area contributed by atoms with Crippen LogP contribution in [0.4, 0.5) is 0 Å². The summed E-state index contributed by atoms with van der Waals surface area (Å²) in [6.07, 6.45) is 2.76. The van der Waals surface area contributed by atoms with Gasteiger partial charge in [-0.2, -0.15) is 0 Å². The van der Waals surface area contributed by atoms with Crippen LogP contribution in [0.1, 0.15) is 23.2 Å². The average Bonchev–Trinajstić information content (AvgIpc) is 3.03. The van der Waals surface area contributed by atoms with Gasteiger partial charge in [-0.05, 0) is 11.6 Å². The summed E-state index contributed by atoms with van der Waals surface area (Å²) in [4.78, 5) is 8.67. The summed E-state index contributed by atoms with van der Waals surface area (Å²) in [6, 6.07) is 15.1. The van der Waals surface area contributed by atoms with Crippen molar-refractivity contribution in [3.63, 3.8) is 0 Å². The Morgan fingerprint density at radius 3 is 2.73 bits per heavy atom. The molecular weight excluding hydrogens is 278 g/mol. The van der Waals surface area contributed by atoms with Crippen LogP contribution in [0.25, 0.3) is 0 Å². The molecule has 0 saturated heterocycles. The molecule has 0 aliphatic heterocycles. The van der Waals surface area contributed by atoms with E-state index in [2.05, 4.69) is 9.97 Å². The van der Waals surface area contributed by atoms with Crippen LogP contribution in [-0.2, 0) is 6.54 Å². The van der Waals surface area contributed by atoms with E-state index >= 15 is 0 Å². The number of methoxy groups -OCH3 is 1. The van der Waals surface area contributed by atoms with E-state index in [1.807, 2.05) is 53.2 Å². The molecule has 0 spiro atoms. The van der Waals surface area contributed by atoms with Gasteiger partial charge in [0.15, 0.2) is 0 Å². The first-order valence-electron chi connectivity index (χ1n) is 7.02. The summed E-state index contributed by atoms with van der Waals surface area (Å²) in [5.74, 6) is 1.17. The zero-order valence-corrected chi connectivity index (χ0v) is 12.3. The summed E-state index contributed by atoms with van der Waals surface area (Å²) in [7, 11) is 1.59. The highest BCUT2D eigenvalue weighted by Gasteiger charge is 2.16. The molecule has 22 heavy (non-hydrogen) atoms. The summed E-state index contributed by atoms with van der Waals surface area (Å²) < 4.78 is 7.02. The molecular formula is C17H17N3O2. The number of ether oxygens (including phenoxy) is 1. The predicted molar refractivity (Wildman–Crippen MR) is 82.6 cm³/mol. The highest BCUT2D eigenvalue weighted by atomic mass is 16.5. The van der Waals surface area contributed by atoms with Gasteiger partial charge in [0.25, 0.3) is 0 Å². The van der Waals surface area contributed by atoms with Crippen LogP contribution >= 0.6 is 0 Å². The molecule has 0 bridgehead atoms. The van der Waals surface area contributed by atoms with Crippen molar-refractivity contribution < 1.29 is 9.84 Å². The van der Waals surface area contributed by atoms with Crippen molar-refractivity contribution in [2.75, 3.05) is 7.11 Å². The third-order valence-corrected chi connectivity index (χ3v) is 3.43. The van der Waals surface area contributed by atoms with Crippen molar-refractivity contribution >= 4 is 0 Å². The van der Waals surface area contributed by atoms with E-state index in [1.54, 1.807) is 19.4 Å². The maximum absolute atomic E-state index is 10.5. The van der Waals surface area contributed by atoms with Crippen molar-refractivity contribution in [2.24, 2.45) is 0 Å². The molecule has 2 heterocycles.